The summed E-state index contributed by atoms with van der Waals surface area (Å²) in [5.41, 5.74) is 0.0185. The van der Waals surface area contributed by atoms with Crippen molar-refractivity contribution in [3.05, 3.63) is 0 Å². The summed E-state index contributed by atoms with van der Waals surface area (Å²) >= 11 is 5.49. The molecule has 6 nitrogen and oxygen atoms in total. The third-order valence-corrected chi connectivity index (χ3v) is 1.08. The molecule has 0 spiro atoms. The lowest BCUT2D eigenvalue weighted by atomic mass is 10.7. The zero-order valence-corrected chi connectivity index (χ0v) is 7.06. The molecule has 1 saturated heterocycles. The highest BCUT2D eigenvalue weighted by molar-refractivity contribution is 7.79. The summed E-state index contributed by atoms with van der Waals surface area (Å²) in [6.45, 7) is 1.99. The molecule has 0 radical (unpaired) electrons. The number of hydrogen-bond donors (Lipinski definition) is 4. The molecule has 8 heteroatoms. The molecule has 0 aromatic rings. The fraction of sp³-hybridized carbons (Fsp3) is 1.00. The molecule has 0 aromatic carbocycles. The van der Waals surface area contributed by atoms with E-state index in [1.54, 1.807) is 0 Å². The summed E-state index contributed by atoms with van der Waals surface area (Å²) in [5.74, 6) is 0. The van der Waals surface area contributed by atoms with Gasteiger partial charge in [-0.15, -0.1) is 0 Å². The molecule has 1 fully saturated rings. The molecular weight excluding hydrogens is 196 g/mol. The van der Waals surface area contributed by atoms with Crippen LogP contribution in [0.4, 0.5) is 0 Å². The van der Waals surface area contributed by atoms with Crippen LogP contribution in [0.5, 0.6) is 0 Å². The van der Waals surface area contributed by atoms with Crippen LogP contribution in [0.15, 0.2) is 0 Å². The van der Waals surface area contributed by atoms with Crippen molar-refractivity contribution in [2.75, 3.05) is 13.1 Å². The Morgan fingerprint density at radius 3 is 1.64 bits per heavy atom. The molecule has 1 aliphatic heterocycles. The normalized spacial score (nSPS) is 19.2. The first kappa shape index (κ1) is 11.1. The molecule has 0 amide bonds. The van der Waals surface area contributed by atoms with E-state index in [0.29, 0.717) is 0 Å². The number of hydrogen-bond acceptors (Lipinski definition) is 4. The van der Waals surface area contributed by atoms with Gasteiger partial charge in [-0.05, 0) is 0 Å². The van der Waals surface area contributed by atoms with Crippen LogP contribution in [0.25, 0.3) is 0 Å². The first-order valence-electron chi connectivity index (χ1n) is 2.70. The molecule has 0 saturated carbocycles. The van der Waals surface area contributed by atoms with Gasteiger partial charge < -0.3 is 0 Å². The van der Waals surface area contributed by atoms with Gasteiger partial charge in [0, 0.05) is 13.1 Å². The van der Waals surface area contributed by atoms with Gasteiger partial charge in [-0.3, -0.25) is 19.7 Å². The van der Waals surface area contributed by atoms with Crippen molar-refractivity contribution in [2.24, 2.45) is 0 Å². The standard InChI is InChI=1S/C3H7ClN2.H2O4S/c4-3-5-1-2-6-3;1-5(2,3)4/h3,5-6H,1-2H2;(H2,1,2,3,4). The maximum Gasteiger partial charge on any atom is 0.394 e. The highest BCUT2D eigenvalue weighted by Crippen LogP contribution is 1.87. The molecule has 11 heavy (non-hydrogen) atoms. The first-order chi connectivity index (χ1) is 4.89. The predicted octanol–water partition coefficient (Wildman–Crippen LogP) is -0.951. The number of alkyl halides is 1. The minimum atomic E-state index is -4.67. The van der Waals surface area contributed by atoms with Crippen molar-refractivity contribution in [3.8, 4) is 0 Å². The fourth-order valence-corrected chi connectivity index (χ4v) is 0.688. The van der Waals surface area contributed by atoms with Gasteiger partial charge in [0.2, 0.25) is 0 Å². The molecule has 1 heterocycles. The van der Waals surface area contributed by atoms with Gasteiger partial charge in [-0.1, -0.05) is 11.6 Å². The fourth-order valence-electron chi connectivity index (χ4n) is 0.470. The van der Waals surface area contributed by atoms with Crippen LogP contribution in [0.1, 0.15) is 0 Å². The second kappa shape index (κ2) is 4.86. The van der Waals surface area contributed by atoms with Crippen molar-refractivity contribution in [1.82, 2.24) is 10.6 Å². The second-order valence-electron chi connectivity index (χ2n) is 1.72. The zero-order chi connectivity index (χ0) is 8.91. The second-order valence-corrected chi connectivity index (χ2v) is 3.05. The molecular formula is C3H9ClN2O4S. The van der Waals surface area contributed by atoms with Gasteiger partial charge in [-0.2, -0.15) is 8.42 Å². The Labute approximate surface area is 69.5 Å². The quantitative estimate of drug-likeness (QED) is 0.231. The summed E-state index contributed by atoms with van der Waals surface area (Å²) in [6, 6.07) is 0. The zero-order valence-electron chi connectivity index (χ0n) is 5.49. The lowest BCUT2D eigenvalue weighted by Crippen LogP contribution is -2.23. The van der Waals surface area contributed by atoms with Crippen molar-refractivity contribution < 1.29 is 17.5 Å². The molecule has 4 N–H and O–H groups in total. The van der Waals surface area contributed by atoms with E-state index in [0.717, 1.165) is 13.1 Å². The Morgan fingerprint density at radius 2 is 1.55 bits per heavy atom. The van der Waals surface area contributed by atoms with Crippen LogP contribution in [0.3, 0.4) is 0 Å². The summed E-state index contributed by atoms with van der Waals surface area (Å²) in [6.07, 6.45) is 0. The van der Waals surface area contributed by atoms with Gasteiger partial charge in [0.05, 0.1) is 0 Å². The molecule has 0 unspecified atom stereocenters. The lowest BCUT2D eigenvalue weighted by molar-refractivity contribution is 0.381. The summed E-state index contributed by atoms with van der Waals surface area (Å²) < 4.78 is 31.6. The number of halogens is 1. The van der Waals surface area contributed by atoms with E-state index in [4.69, 9.17) is 29.1 Å². The van der Waals surface area contributed by atoms with Crippen LogP contribution >= 0.6 is 11.6 Å². The minimum Gasteiger partial charge on any atom is -0.288 e. The van der Waals surface area contributed by atoms with E-state index < -0.39 is 10.4 Å². The maximum absolute atomic E-state index is 8.74. The summed E-state index contributed by atoms with van der Waals surface area (Å²) in [7, 11) is -4.67. The van der Waals surface area contributed by atoms with Gasteiger partial charge in [0.15, 0.2) is 0 Å². The third kappa shape index (κ3) is 13.1. The molecule has 1 aliphatic rings. The van der Waals surface area contributed by atoms with Crippen LogP contribution in [-0.4, -0.2) is 36.2 Å². The first-order valence-corrected chi connectivity index (χ1v) is 4.53. The smallest absolute Gasteiger partial charge is 0.288 e. The van der Waals surface area contributed by atoms with E-state index >= 15 is 0 Å². The van der Waals surface area contributed by atoms with E-state index in [2.05, 4.69) is 10.6 Å². The van der Waals surface area contributed by atoms with Crippen LogP contribution in [0.2, 0.25) is 0 Å². The molecule has 0 bridgehead atoms. The molecule has 0 aliphatic carbocycles. The molecule has 1 rings (SSSR count). The predicted molar refractivity (Wildman–Crippen MR) is 39.8 cm³/mol. The van der Waals surface area contributed by atoms with E-state index in [1.807, 2.05) is 0 Å². The Morgan fingerprint density at radius 1 is 1.27 bits per heavy atom. The van der Waals surface area contributed by atoms with Gasteiger partial charge in [0.1, 0.15) is 5.62 Å². The van der Waals surface area contributed by atoms with E-state index in [-0.39, 0.29) is 5.62 Å². The average Bonchev–Trinajstić information content (AvgIpc) is 2.12. The molecule has 0 aromatic heterocycles. The number of nitrogens with one attached hydrogen (secondary N) is 2. The third-order valence-electron chi connectivity index (χ3n) is 0.772. The van der Waals surface area contributed by atoms with E-state index in [1.165, 1.54) is 0 Å². The Bertz CT molecular complexity index is 180. The SMILES string of the molecule is ClC1NCCN1.O=S(=O)(O)O. The summed E-state index contributed by atoms with van der Waals surface area (Å²) in [4.78, 5) is 0. The minimum absolute atomic E-state index is 0.0185. The highest BCUT2D eigenvalue weighted by Gasteiger charge is 2.05. The monoisotopic (exact) mass is 204 g/mol. The largest absolute Gasteiger partial charge is 0.394 e. The maximum atomic E-state index is 8.74. The van der Waals surface area contributed by atoms with E-state index in [9.17, 15) is 0 Å². The molecule has 0 atom stereocenters. The van der Waals surface area contributed by atoms with Crippen LogP contribution in [0, 0.1) is 0 Å². The van der Waals surface area contributed by atoms with Crippen LogP contribution in [-0.2, 0) is 10.4 Å². The van der Waals surface area contributed by atoms with Crippen molar-refractivity contribution in [1.29, 1.82) is 0 Å². The highest BCUT2D eigenvalue weighted by atomic mass is 35.5. The number of rotatable bonds is 0. The lowest BCUT2D eigenvalue weighted by Gasteiger charge is -1.93. The Kier molecular flexibility index (Phi) is 4.89. The van der Waals surface area contributed by atoms with Gasteiger partial charge in [-0.25, -0.2) is 0 Å². The summed E-state index contributed by atoms with van der Waals surface area (Å²) in [5, 5.41) is 5.95. The van der Waals surface area contributed by atoms with Gasteiger partial charge in [0.25, 0.3) is 0 Å². The Hall–Kier alpha value is 0.0800. The van der Waals surface area contributed by atoms with Crippen LogP contribution < -0.4 is 10.6 Å². The topological polar surface area (TPSA) is 98.7 Å². The van der Waals surface area contributed by atoms with Crippen molar-refractivity contribution in [2.45, 2.75) is 5.62 Å². The molecule has 68 valence electrons. The average molecular weight is 205 g/mol. The van der Waals surface area contributed by atoms with Crippen molar-refractivity contribution in [3.63, 3.8) is 0 Å². The Balaban J connectivity index is 0.000000187. The van der Waals surface area contributed by atoms with Gasteiger partial charge >= 0.3 is 10.4 Å². The van der Waals surface area contributed by atoms with Crippen molar-refractivity contribution >= 4 is 22.0 Å².